The van der Waals surface area contributed by atoms with E-state index in [-0.39, 0.29) is 5.43 Å². The molecule has 0 unspecified atom stereocenters. The van der Waals surface area contributed by atoms with Crippen molar-refractivity contribution in [3.63, 3.8) is 0 Å². The second kappa shape index (κ2) is 5.36. The molecule has 0 bridgehead atoms. The summed E-state index contributed by atoms with van der Waals surface area (Å²) in [6, 6.07) is 10.7. The summed E-state index contributed by atoms with van der Waals surface area (Å²) < 4.78 is 16.1. The van der Waals surface area contributed by atoms with Crippen LogP contribution < -0.4 is 5.43 Å². The minimum atomic E-state index is -0.430. The molecule has 0 aliphatic carbocycles. The van der Waals surface area contributed by atoms with E-state index >= 15 is 0 Å². The van der Waals surface area contributed by atoms with Crippen molar-refractivity contribution < 1.29 is 4.39 Å². The average molecular weight is 360 g/mol. The number of hydrogen-bond acceptors (Lipinski definition) is 1. The van der Waals surface area contributed by atoms with Crippen LogP contribution in [0.25, 0.3) is 16.6 Å². The predicted octanol–water partition coefficient (Wildman–Crippen LogP) is 4.82. The highest BCUT2D eigenvalue weighted by Gasteiger charge is 2.12. The van der Waals surface area contributed by atoms with Crippen LogP contribution in [0.1, 0.15) is 16.8 Å². The highest BCUT2D eigenvalue weighted by atomic mass is 79.9. The van der Waals surface area contributed by atoms with Crippen LogP contribution in [0.15, 0.2) is 45.7 Å². The zero-order valence-corrected chi connectivity index (χ0v) is 14.2. The standard InChI is InChI=1S/C18H15BrFNO/c1-10-4-11(2)6-13(5-10)21-12(3)7-18(22)14-8-16(20)15(19)9-17(14)21/h4-9H,1-3H3. The molecular formula is C18H15BrFNO. The maximum Gasteiger partial charge on any atom is 0.189 e. The van der Waals surface area contributed by atoms with E-state index in [0.717, 1.165) is 22.5 Å². The van der Waals surface area contributed by atoms with Gasteiger partial charge in [-0.1, -0.05) is 6.07 Å². The van der Waals surface area contributed by atoms with E-state index in [4.69, 9.17) is 0 Å². The molecule has 0 saturated carbocycles. The molecule has 0 spiro atoms. The van der Waals surface area contributed by atoms with E-state index in [1.54, 1.807) is 12.1 Å². The van der Waals surface area contributed by atoms with Crippen LogP contribution >= 0.6 is 15.9 Å². The summed E-state index contributed by atoms with van der Waals surface area (Å²) in [5.74, 6) is -0.430. The van der Waals surface area contributed by atoms with E-state index in [1.807, 2.05) is 25.3 Å². The van der Waals surface area contributed by atoms with Crippen molar-refractivity contribution in [3.05, 3.63) is 73.7 Å². The monoisotopic (exact) mass is 359 g/mol. The van der Waals surface area contributed by atoms with E-state index in [0.29, 0.717) is 15.4 Å². The Morgan fingerprint density at radius 3 is 2.23 bits per heavy atom. The summed E-state index contributed by atoms with van der Waals surface area (Å²) in [6.07, 6.45) is 0. The van der Waals surface area contributed by atoms with E-state index in [1.165, 1.54) is 6.07 Å². The normalized spacial score (nSPS) is 11.1. The van der Waals surface area contributed by atoms with Gasteiger partial charge in [0.2, 0.25) is 0 Å². The molecule has 0 aliphatic rings. The minimum Gasteiger partial charge on any atom is -0.314 e. The molecule has 0 radical (unpaired) electrons. The van der Waals surface area contributed by atoms with Crippen molar-refractivity contribution in [2.75, 3.05) is 0 Å². The van der Waals surface area contributed by atoms with Gasteiger partial charge in [0.05, 0.1) is 9.99 Å². The van der Waals surface area contributed by atoms with Crippen molar-refractivity contribution in [2.45, 2.75) is 20.8 Å². The zero-order chi connectivity index (χ0) is 16.0. The number of nitrogens with zero attached hydrogens (tertiary/aromatic N) is 1. The van der Waals surface area contributed by atoms with Crippen molar-refractivity contribution >= 4 is 26.8 Å². The Bertz CT molecular complexity index is 939. The third-order valence-electron chi connectivity index (χ3n) is 3.70. The molecule has 0 amide bonds. The summed E-state index contributed by atoms with van der Waals surface area (Å²) >= 11 is 3.21. The Balaban J connectivity index is 2.47. The molecule has 2 aromatic carbocycles. The molecule has 0 aliphatic heterocycles. The molecule has 1 aromatic heterocycles. The summed E-state index contributed by atoms with van der Waals surface area (Å²) in [4.78, 5) is 12.2. The first-order valence-corrected chi connectivity index (χ1v) is 7.76. The molecule has 0 atom stereocenters. The molecule has 2 nitrogen and oxygen atoms in total. The van der Waals surface area contributed by atoms with Gasteiger partial charge < -0.3 is 4.57 Å². The first-order chi connectivity index (χ1) is 10.4. The van der Waals surface area contributed by atoms with Crippen LogP contribution in [0.5, 0.6) is 0 Å². The Kier molecular flexibility index (Phi) is 3.65. The number of halogens is 2. The van der Waals surface area contributed by atoms with Gasteiger partial charge in [-0.05, 0) is 72.1 Å². The van der Waals surface area contributed by atoms with Crippen molar-refractivity contribution in [1.82, 2.24) is 4.57 Å². The molecule has 112 valence electrons. The van der Waals surface area contributed by atoms with Crippen LogP contribution in [0.4, 0.5) is 4.39 Å². The van der Waals surface area contributed by atoms with Crippen LogP contribution in [-0.2, 0) is 0 Å². The van der Waals surface area contributed by atoms with E-state index in [9.17, 15) is 9.18 Å². The topological polar surface area (TPSA) is 22.0 Å². The Morgan fingerprint density at radius 1 is 0.955 bits per heavy atom. The van der Waals surface area contributed by atoms with Gasteiger partial charge in [0.15, 0.2) is 5.43 Å². The molecule has 1 heterocycles. The lowest BCUT2D eigenvalue weighted by molar-refractivity contribution is 0.622. The van der Waals surface area contributed by atoms with Crippen LogP contribution in [-0.4, -0.2) is 4.57 Å². The number of aryl methyl sites for hydroxylation is 3. The number of rotatable bonds is 1. The number of hydrogen-bond donors (Lipinski definition) is 0. The first-order valence-electron chi connectivity index (χ1n) is 6.97. The predicted molar refractivity (Wildman–Crippen MR) is 91.4 cm³/mol. The fourth-order valence-electron chi connectivity index (χ4n) is 2.86. The van der Waals surface area contributed by atoms with Gasteiger partial charge in [-0.2, -0.15) is 0 Å². The molecular weight excluding hydrogens is 345 g/mol. The quantitative estimate of drug-likeness (QED) is 0.610. The van der Waals surface area contributed by atoms with Crippen LogP contribution in [0.2, 0.25) is 0 Å². The Labute approximate surface area is 136 Å². The molecule has 22 heavy (non-hydrogen) atoms. The van der Waals surface area contributed by atoms with E-state index in [2.05, 4.69) is 34.1 Å². The molecule has 0 fully saturated rings. The Hall–Kier alpha value is -1.94. The van der Waals surface area contributed by atoms with Crippen LogP contribution in [0.3, 0.4) is 0 Å². The maximum absolute atomic E-state index is 13.8. The highest BCUT2D eigenvalue weighted by Crippen LogP contribution is 2.26. The van der Waals surface area contributed by atoms with Gasteiger partial charge in [-0.15, -0.1) is 0 Å². The van der Waals surface area contributed by atoms with E-state index < -0.39 is 5.82 Å². The van der Waals surface area contributed by atoms with Crippen LogP contribution in [0, 0.1) is 26.6 Å². The molecule has 3 rings (SSSR count). The maximum atomic E-state index is 13.8. The highest BCUT2D eigenvalue weighted by molar-refractivity contribution is 9.10. The molecule has 4 heteroatoms. The lowest BCUT2D eigenvalue weighted by atomic mass is 10.1. The van der Waals surface area contributed by atoms with Gasteiger partial charge in [0, 0.05) is 22.8 Å². The third-order valence-corrected chi connectivity index (χ3v) is 4.31. The smallest absolute Gasteiger partial charge is 0.189 e. The summed E-state index contributed by atoms with van der Waals surface area (Å²) in [5.41, 5.74) is 4.60. The average Bonchev–Trinajstić information content (AvgIpc) is 2.40. The van der Waals surface area contributed by atoms with Gasteiger partial charge in [-0.3, -0.25) is 4.79 Å². The lowest BCUT2D eigenvalue weighted by Gasteiger charge is -2.16. The summed E-state index contributed by atoms with van der Waals surface area (Å²) in [7, 11) is 0. The second-order valence-corrected chi connectivity index (χ2v) is 6.47. The zero-order valence-electron chi connectivity index (χ0n) is 12.6. The second-order valence-electron chi connectivity index (χ2n) is 5.61. The van der Waals surface area contributed by atoms with Crippen molar-refractivity contribution in [2.24, 2.45) is 0 Å². The lowest BCUT2D eigenvalue weighted by Crippen LogP contribution is -2.11. The molecule has 0 saturated heterocycles. The van der Waals surface area contributed by atoms with Gasteiger partial charge in [0.1, 0.15) is 5.82 Å². The fraction of sp³-hybridized carbons (Fsp3) is 0.167. The number of fused-ring (bicyclic) bond motifs is 1. The number of pyridine rings is 1. The van der Waals surface area contributed by atoms with Crippen molar-refractivity contribution in [3.8, 4) is 5.69 Å². The summed E-state index contributed by atoms with van der Waals surface area (Å²) in [5, 5.41) is 0.380. The SMILES string of the molecule is Cc1cc(C)cc(-n2c(C)cc(=O)c3cc(F)c(Br)cc32)c1. The number of aromatic nitrogens is 1. The largest absolute Gasteiger partial charge is 0.314 e. The first kappa shape index (κ1) is 15.0. The molecule has 3 aromatic rings. The van der Waals surface area contributed by atoms with Gasteiger partial charge >= 0.3 is 0 Å². The summed E-state index contributed by atoms with van der Waals surface area (Å²) in [6.45, 7) is 5.95. The Morgan fingerprint density at radius 2 is 1.59 bits per heavy atom. The fourth-order valence-corrected chi connectivity index (χ4v) is 3.19. The number of benzene rings is 2. The third kappa shape index (κ3) is 2.48. The minimum absolute atomic E-state index is 0.167. The molecule has 0 N–H and O–H groups in total. The van der Waals surface area contributed by atoms with Gasteiger partial charge in [-0.25, -0.2) is 4.39 Å². The van der Waals surface area contributed by atoms with Crippen molar-refractivity contribution in [1.29, 1.82) is 0 Å². The van der Waals surface area contributed by atoms with Gasteiger partial charge in [0.25, 0.3) is 0 Å².